The number of benzene rings is 2. The van der Waals surface area contributed by atoms with Gasteiger partial charge in [-0.2, -0.15) is 0 Å². The van der Waals surface area contributed by atoms with E-state index < -0.39 is 0 Å². The number of anilines is 1. The molecule has 0 saturated heterocycles. The third-order valence-electron chi connectivity index (χ3n) is 7.85. The fraction of sp³-hybridized carbons (Fsp3) is 0.481. The van der Waals surface area contributed by atoms with E-state index in [9.17, 15) is 0 Å². The fourth-order valence-corrected chi connectivity index (χ4v) is 6.77. The molecule has 2 aromatic carbocycles. The van der Waals surface area contributed by atoms with Gasteiger partial charge >= 0.3 is 0 Å². The van der Waals surface area contributed by atoms with Crippen molar-refractivity contribution in [1.82, 2.24) is 0 Å². The minimum Gasteiger partial charge on any atom is -0.367 e. The molecule has 2 unspecified atom stereocenters. The van der Waals surface area contributed by atoms with Gasteiger partial charge in [-0.1, -0.05) is 78.3 Å². The van der Waals surface area contributed by atoms with E-state index in [0.29, 0.717) is 22.7 Å². The van der Waals surface area contributed by atoms with Gasteiger partial charge in [0.05, 0.1) is 0 Å². The number of rotatable bonds is 1. The van der Waals surface area contributed by atoms with E-state index in [2.05, 4.69) is 96.2 Å². The zero-order valence-corrected chi connectivity index (χ0v) is 19.5. The summed E-state index contributed by atoms with van der Waals surface area (Å²) in [7, 11) is 0. The van der Waals surface area contributed by atoms with Gasteiger partial charge in [0, 0.05) is 34.6 Å². The first kappa shape index (κ1) is 19.4. The molecule has 152 valence electrons. The number of para-hydroxylation sites is 1. The summed E-state index contributed by atoms with van der Waals surface area (Å²) in [5.41, 5.74) is 7.61. The number of alkyl halides is 1. The summed E-state index contributed by atoms with van der Waals surface area (Å²) < 4.78 is 0. The van der Waals surface area contributed by atoms with Crippen LogP contribution >= 0.6 is 15.9 Å². The molecule has 0 radical (unpaired) electrons. The largest absolute Gasteiger partial charge is 0.367 e. The van der Waals surface area contributed by atoms with Crippen molar-refractivity contribution >= 4 is 27.2 Å². The van der Waals surface area contributed by atoms with Crippen LogP contribution in [-0.4, -0.2) is 17.4 Å². The molecule has 1 heterocycles. The van der Waals surface area contributed by atoms with E-state index in [1.165, 1.54) is 42.5 Å². The third kappa shape index (κ3) is 3.19. The van der Waals surface area contributed by atoms with E-state index in [1.807, 2.05) is 0 Å². The predicted molar refractivity (Wildman–Crippen MR) is 128 cm³/mol. The molecule has 2 aromatic rings. The Labute approximate surface area is 184 Å². The molecule has 0 spiro atoms. The van der Waals surface area contributed by atoms with Crippen LogP contribution in [0.5, 0.6) is 0 Å². The molecule has 5 rings (SSSR count). The molecule has 29 heavy (non-hydrogen) atoms. The van der Waals surface area contributed by atoms with Crippen molar-refractivity contribution in [2.45, 2.75) is 68.7 Å². The van der Waals surface area contributed by atoms with Gasteiger partial charge in [0.25, 0.3) is 0 Å². The lowest BCUT2D eigenvalue weighted by Crippen LogP contribution is -2.43. The quantitative estimate of drug-likeness (QED) is 0.412. The molecule has 1 saturated carbocycles. The molecule has 0 amide bonds. The predicted octanol–water partition coefficient (Wildman–Crippen LogP) is 7.31. The van der Waals surface area contributed by atoms with Crippen molar-refractivity contribution in [2.24, 2.45) is 5.92 Å². The maximum Gasteiger partial charge on any atom is 0.0445 e. The second-order valence-electron chi connectivity index (χ2n) is 9.87. The number of hydrogen-bond acceptors (Lipinski definition) is 1. The maximum atomic E-state index is 3.86. The summed E-state index contributed by atoms with van der Waals surface area (Å²) in [6.45, 7) is 8.36. The number of halogens is 1. The molecular formula is C27H32BrN. The van der Waals surface area contributed by atoms with Crippen molar-refractivity contribution in [3.05, 3.63) is 71.3 Å². The van der Waals surface area contributed by atoms with Crippen LogP contribution in [0.2, 0.25) is 0 Å². The Morgan fingerprint density at radius 2 is 1.62 bits per heavy atom. The van der Waals surface area contributed by atoms with E-state index in [0.717, 1.165) is 6.54 Å². The molecular weight excluding hydrogens is 418 g/mol. The number of fused-ring (bicyclic) bond motifs is 4. The molecule has 0 N–H and O–H groups in total. The average Bonchev–Trinajstić information content (AvgIpc) is 2.92. The van der Waals surface area contributed by atoms with E-state index >= 15 is 0 Å². The van der Waals surface area contributed by atoms with E-state index in [1.54, 1.807) is 11.1 Å². The van der Waals surface area contributed by atoms with Gasteiger partial charge in [-0.15, -0.1) is 0 Å². The fourth-order valence-electron chi connectivity index (χ4n) is 6.24. The van der Waals surface area contributed by atoms with Gasteiger partial charge in [-0.25, -0.2) is 0 Å². The van der Waals surface area contributed by atoms with E-state index in [-0.39, 0.29) is 5.41 Å². The summed E-state index contributed by atoms with van der Waals surface area (Å²) in [5, 5.41) is 0. The lowest BCUT2D eigenvalue weighted by molar-refractivity contribution is 0.349. The van der Waals surface area contributed by atoms with Crippen LogP contribution in [0, 0.1) is 5.92 Å². The van der Waals surface area contributed by atoms with Crippen molar-refractivity contribution in [1.29, 1.82) is 0 Å². The lowest BCUT2D eigenvalue weighted by atomic mass is 9.73. The zero-order chi connectivity index (χ0) is 20.2. The monoisotopic (exact) mass is 449 g/mol. The Hall–Kier alpha value is -1.54. The number of hydrogen-bond donors (Lipinski definition) is 0. The van der Waals surface area contributed by atoms with Crippen molar-refractivity contribution in [3.8, 4) is 0 Å². The van der Waals surface area contributed by atoms with Crippen LogP contribution in [0.1, 0.15) is 69.1 Å². The van der Waals surface area contributed by atoms with Crippen LogP contribution < -0.4 is 4.90 Å². The first-order chi connectivity index (χ1) is 14.0. The molecule has 1 nitrogen and oxygen atoms in total. The summed E-state index contributed by atoms with van der Waals surface area (Å²) in [4.78, 5) is 3.49. The molecule has 0 bridgehead atoms. The lowest BCUT2D eigenvalue weighted by Gasteiger charge is -2.43. The van der Waals surface area contributed by atoms with Gasteiger partial charge in [-0.05, 0) is 66.7 Å². The Morgan fingerprint density at radius 1 is 0.931 bits per heavy atom. The maximum absolute atomic E-state index is 3.86. The molecule has 2 atom stereocenters. The Bertz CT molecular complexity index is 935. The normalized spacial score (nSPS) is 32.3. The van der Waals surface area contributed by atoms with Gasteiger partial charge in [0.15, 0.2) is 0 Å². The molecule has 0 aromatic heterocycles. The SMILES string of the molecule is C/C1=C\C2C(CN(C3CCC(Br)CC3)c3ccccc31)c1ccccc1C2(C)C. The first-order valence-corrected chi connectivity index (χ1v) is 12.2. The minimum atomic E-state index is 0.175. The van der Waals surface area contributed by atoms with Crippen molar-refractivity contribution < 1.29 is 0 Å². The molecule has 1 fully saturated rings. The topological polar surface area (TPSA) is 3.24 Å². The highest BCUT2D eigenvalue weighted by Gasteiger charge is 2.46. The zero-order valence-electron chi connectivity index (χ0n) is 17.9. The second kappa shape index (κ2) is 7.30. The highest BCUT2D eigenvalue weighted by Crippen LogP contribution is 2.54. The van der Waals surface area contributed by atoms with Crippen molar-refractivity contribution in [2.75, 3.05) is 11.4 Å². The van der Waals surface area contributed by atoms with Crippen LogP contribution in [0.4, 0.5) is 5.69 Å². The smallest absolute Gasteiger partial charge is 0.0445 e. The summed E-state index contributed by atoms with van der Waals surface area (Å²) in [5.74, 6) is 1.11. The Balaban J connectivity index is 1.65. The molecule has 2 heteroatoms. The van der Waals surface area contributed by atoms with Crippen LogP contribution in [0.15, 0.2) is 54.6 Å². The standard InChI is InChI=1S/C27H32BrN/c1-18-16-25-23(22-9-4-6-10-24(22)27(25,2)3)17-29(20-14-12-19(28)13-15-20)26-11-7-5-8-21(18)26/h4-11,16,19-20,23,25H,12-15,17H2,1-3H3/b18-16+. The van der Waals surface area contributed by atoms with Crippen LogP contribution in [-0.2, 0) is 5.41 Å². The number of nitrogens with zero attached hydrogens (tertiary/aromatic N) is 1. The van der Waals surface area contributed by atoms with Gasteiger partial charge in [0.2, 0.25) is 0 Å². The molecule has 2 aliphatic carbocycles. The molecule has 1 aliphatic heterocycles. The minimum absolute atomic E-state index is 0.175. The third-order valence-corrected chi connectivity index (χ3v) is 8.77. The summed E-state index contributed by atoms with van der Waals surface area (Å²) in [6.07, 6.45) is 7.74. The highest BCUT2D eigenvalue weighted by molar-refractivity contribution is 9.09. The number of allylic oxidation sites excluding steroid dienone is 2. The van der Waals surface area contributed by atoms with Crippen molar-refractivity contribution in [3.63, 3.8) is 0 Å². The summed E-state index contributed by atoms with van der Waals surface area (Å²) in [6, 6.07) is 19.0. The Morgan fingerprint density at radius 3 is 2.41 bits per heavy atom. The second-order valence-corrected chi connectivity index (χ2v) is 11.2. The average molecular weight is 450 g/mol. The van der Waals surface area contributed by atoms with E-state index in [4.69, 9.17) is 0 Å². The summed E-state index contributed by atoms with van der Waals surface area (Å²) >= 11 is 3.86. The first-order valence-electron chi connectivity index (χ1n) is 11.2. The molecule has 3 aliphatic rings. The van der Waals surface area contributed by atoms with Crippen LogP contribution in [0.3, 0.4) is 0 Å². The van der Waals surface area contributed by atoms with Crippen LogP contribution in [0.25, 0.3) is 5.57 Å². The van der Waals surface area contributed by atoms with Gasteiger partial charge in [0.1, 0.15) is 0 Å². The van der Waals surface area contributed by atoms with Gasteiger partial charge in [-0.3, -0.25) is 0 Å². The highest BCUT2D eigenvalue weighted by atomic mass is 79.9. The van der Waals surface area contributed by atoms with Gasteiger partial charge < -0.3 is 4.90 Å². The Kier molecular flexibility index (Phi) is 4.89.